The van der Waals surface area contributed by atoms with Crippen molar-refractivity contribution < 1.29 is 13.9 Å². The van der Waals surface area contributed by atoms with Crippen molar-refractivity contribution in [2.24, 2.45) is 10.9 Å². The molecule has 1 saturated heterocycles. The number of guanidine groups is 1. The lowest BCUT2D eigenvalue weighted by Gasteiger charge is -2.13. The number of ether oxygens (including phenoxy) is 2. The average molecular weight is 309 g/mol. The number of methoxy groups -OCH3 is 1. The summed E-state index contributed by atoms with van der Waals surface area (Å²) in [6, 6.07) is 3.90. The minimum Gasteiger partial charge on any atom is -0.469 e. The van der Waals surface area contributed by atoms with E-state index < -0.39 is 0 Å². The van der Waals surface area contributed by atoms with E-state index in [0.29, 0.717) is 5.92 Å². The van der Waals surface area contributed by atoms with E-state index in [0.717, 1.165) is 70.4 Å². The van der Waals surface area contributed by atoms with Crippen LogP contribution in [0.2, 0.25) is 0 Å². The lowest BCUT2D eigenvalue weighted by molar-refractivity contribution is 0.187. The summed E-state index contributed by atoms with van der Waals surface area (Å²) in [6.07, 6.45) is 4.61. The normalized spacial score (nSPS) is 18.6. The third kappa shape index (κ3) is 6.49. The summed E-state index contributed by atoms with van der Waals surface area (Å²) in [5, 5.41) is 6.70. The molecule has 0 bridgehead atoms. The maximum atomic E-state index is 5.39. The number of rotatable bonds is 9. The van der Waals surface area contributed by atoms with E-state index in [4.69, 9.17) is 13.9 Å². The molecule has 1 unspecified atom stereocenters. The number of nitrogens with zero attached hydrogens (tertiary/aromatic N) is 1. The van der Waals surface area contributed by atoms with Crippen molar-refractivity contribution in [1.29, 1.82) is 0 Å². The standard InChI is InChI=1S/C16H27N3O3/c1-20-9-3-7-17-16(19-12-14-6-11-21-13-14)18-8-5-15-4-2-10-22-15/h2,4,10,14H,3,5-9,11-13H2,1H3,(H2,17,18,19). The number of hydrogen-bond donors (Lipinski definition) is 2. The van der Waals surface area contributed by atoms with Gasteiger partial charge in [-0.1, -0.05) is 0 Å². The van der Waals surface area contributed by atoms with Crippen LogP contribution < -0.4 is 10.6 Å². The Morgan fingerprint density at radius 1 is 1.41 bits per heavy atom. The van der Waals surface area contributed by atoms with Crippen molar-refractivity contribution in [2.75, 3.05) is 46.6 Å². The predicted molar refractivity (Wildman–Crippen MR) is 86.1 cm³/mol. The number of nitrogens with one attached hydrogen (secondary N) is 2. The van der Waals surface area contributed by atoms with Crippen LogP contribution in [0, 0.1) is 5.92 Å². The maximum Gasteiger partial charge on any atom is 0.191 e. The van der Waals surface area contributed by atoms with Gasteiger partial charge in [-0.3, -0.25) is 4.99 Å². The van der Waals surface area contributed by atoms with Crippen molar-refractivity contribution in [3.05, 3.63) is 24.2 Å². The molecule has 124 valence electrons. The Morgan fingerprint density at radius 2 is 2.32 bits per heavy atom. The van der Waals surface area contributed by atoms with Gasteiger partial charge in [-0.2, -0.15) is 0 Å². The van der Waals surface area contributed by atoms with E-state index in [-0.39, 0.29) is 0 Å². The fourth-order valence-corrected chi connectivity index (χ4v) is 2.30. The molecule has 0 aliphatic carbocycles. The Hall–Kier alpha value is -1.53. The molecule has 0 spiro atoms. The van der Waals surface area contributed by atoms with Gasteiger partial charge >= 0.3 is 0 Å². The lowest BCUT2D eigenvalue weighted by Crippen LogP contribution is -2.39. The van der Waals surface area contributed by atoms with Crippen LogP contribution >= 0.6 is 0 Å². The Morgan fingerprint density at radius 3 is 3.05 bits per heavy atom. The topological polar surface area (TPSA) is 68.0 Å². The van der Waals surface area contributed by atoms with Gasteiger partial charge in [-0.05, 0) is 25.0 Å². The van der Waals surface area contributed by atoms with Crippen LogP contribution in [0.15, 0.2) is 27.8 Å². The van der Waals surface area contributed by atoms with Gasteiger partial charge in [-0.25, -0.2) is 0 Å². The molecule has 1 aromatic rings. The molecule has 1 aromatic heterocycles. The molecule has 1 aliphatic rings. The van der Waals surface area contributed by atoms with E-state index in [2.05, 4.69) is 15.6 Å². The van der Waals surface area contributed by atoms with E-state index >= 15 is 0 Å². The van der Waals surface area contributed by atoms with Crippen molar-refractivity contribution in [3.63, 3.8) is 0 Å². The van der Waals surface area contributed by atoms with Crippen LogP contribution in [0.25, 0.3) is 0 Å². The van der Waals surface area contributed by atoms with Gasteiger partial charge in [0.25, 0.3) is 0 Å². The zero-order chi connectivity index (χ0) is 15.5. The minimum atomic E-state index is 0.544. The smallest absolute Gasteiger partial charge is 0.191 e. The van der Waals surface area contributed by atoms with E-state index in [1.807, 2.05) is 12.1 Å². The SMILES string of the molecule is COCCCNC(=NCC1CCOC1)NCCc1ccco1. The first-order valence-electron chi connectivity index (χ1n) is 7.99. The largest absolute Gasteiger partial charge is 0.469 e. The van der Waals surface area contributed by atoms with Crippen LogP contribution in [0.1, 0.15) is 18.6 Å². The van der Waals surface area contributed by atoms with Crippen molar-refractivity contribution in [2.45, 2.75) is 19.3 Å². The Balaban J connectivity index is 1.73. The molecule has 0 amide bonds. The molecule has 1 aliphatic heterocycles. The summed E-state index contributed by atoms with van der Waals surface area (Å²) in [4.78, 5) is 4.67. The molecule has 22 heavy (non-hydrogen) atoms. The third-order valence-corrected chi connectivity index (χ3v) is 3.59. The summed E-state index contributed by atoms with van der Waals surface area (Å²) in [5.41, 5.74) is 0. The fraction of sp³-hybridized carbons (Fsp3) is 0.688. The van der Waals surface area contributed by atoms with Crippen molar-refractivity contribution in [1.82, 2.24) is 10.6 Å². The van der Waals surface area contributed by atoms with Crippen LogP contribution in [0.3, 0.4) is 0 Å². The number of hydrogen-bond acceptors (Lipinski definition) is 4. The molecular weight excluding hydrogens is 282 g/mol. The Labute approximate surface area is 132 Å². The first-order chi connectivity index (χ1) is 10.9. The molecule has 6 nitrogen and oxygen atoms in total. The van der Waals surface area contributed by atoms with Gasteiger partial charge in [0.1, 0.15) is 5.76 Å². The second-order valence-electron chi connectivity index (χ2n) is 5.45. The second kappa shape index (κ2) is 10.2. The van der Waals surface area contributed by atoms with Gasteiger partial charge < -0.3 is 24.5 Å². The molecular formula is C16H27N3O3. The number of aliphatic imine (C=N–C) groups is 1. The fourth-order valence-electron chi connectivity index (χ4n) is 2.30. The number of furan rings is 1. The van der Waals surface area contributed by atoms with E-state index in [9.17, 15) is 0 Å². The summed E-state index contributed by atoms with van der Waals surface area (Å²) in [6.45, 7) is 4.89. The van der Waals surface area contributed by atoms with E-state index in [1.165, 1.54) is 0 Å². The highest BCUT2D eigenvalue weighted by atomic mass is 16.5. The monoisotopic (exact) mass is 309 g/mol. The molecule has 2 heterocycles. The van der Waals surface area contributed by atoms with Crippen LogP contribution in [0.5, 0.6) is 0 Å². The predicted octanol–water partition coefficient (Wildman–Crippen LogP) is 1.43. The zero-order valence-electron chi connectivity index (χ0n) is 13.3. The van der Waals surface area contributed by atoms with Crippen LogP contribution in [-0.4, -0.2) is 52.5 Å². The second-order valence-corrected chi connectivity index (χ2v) is 5.45. The summed E-state index contributed by atoms with van der Waals surface area (Å²) in [5.74, 6) is 2.38. The van der Waals surface area contributed by atoms with Crippen LogP contribution in [0.4, 0.5) is 0 Å². The van der Waals surface area contributed by atoms with Gasteiger partial charge in [0.2, 0.25) is 0 Å². The zero-order valence-corrected chi connectivity index (χ0v) is 13.3. The molecule has 2 rings (SSSR count). The average Bonchev–Trinajstić information content (AvgIpc) is 3.21. The van der Waals surface area contributed by atoms with Gasteiger partial charge in [0.05, 0.1) is 12.9 Å². The van der Waals surface area contributed by atoms with Crippen molar-refractivity contribution in [3.8, 4) is 0 Å². The van der Waals surface area contributed by atoms with E-state index in [1.54, 1.807) is 13.4 Å². The highest BCUT2D eigenvalue weighted by Crippen LogP contribution is 2.11. The van der Waals surface area contributed by atoms with Crippen LogP contribution in [-0.2, 0) is 15.9 Å². The summed E-state index contributed by atoms with van der Waals surface area (Å²) < 4.78 is 15.8. The first kappa shape index (κ1) is 16.8. The quantitative estimate of drug-likeness (QED) is 0.410. The molecule has 0 aromatic carbocycles. The molecule has 0 radical (unpaired) electrons. The molecule has 6 heteroatoms. The summed E-state index contributed by atoms with van der Waals surface area (Å²) in [7, 11) is 1.72. The summed E-state index contributed by atoms with van der Waals surface area (Å²) >= 11 is 0. The Bertz CT molecular complexity index is 414. The highest BCUT2D eigenvalue weighted by molar-refractivity contribution is 5.79. The Kier molecular flexibility index (Phi) is 7.83. The molecule has 0 saturated carbocycles. The third-order valence-electron chi connectivity index (χ3n) is 3.59. The molecule has 1 fully saturated rings. The highest BCUT2D eigenvalue weighted by Gasteiger charge is 2.15. The lowest BCUT2D eigenvalue weighted by atomic mass is 10.1. The van der Waals surface area contributed by atoms with Gasteiger partial charge in [0.15, 0.2) is 5.96 Å². The maximum absolute atomic E-state index is 5.39. The van der Waals surface area contributed by atoms with Crippen molar-refractivity contribution >= 4 is 5.96 Å². The van der Waals surface area contributed by atoms with Gasteiger partial charge in [-0.15, -0.1) is 0 Å². The molecule has 2 N–H and O–H groups in total. The first-order valence-corrected chi connectivity index (χ1v) is 7.99. The van der Waals surface area contributed by atoms with Gasteiger partial charge in [0, 0.05) is 52.3 Å². The molecule has 1 atom stereocenters. The minimum absolute atomic E-state index is 0.544.